The zero-order valence-electron chi connectivity index (χ0n) is 20.5. The predicted octanol–water partition coefficient (Wildman–Crippen LogP) is -0.516. The second kappa shape index (κ2) is 9.12. The number of aromatic carboxylic acids is 2. The zero-order valence-corrected chi connectivity index (χ0v) is 21.3. The number of nitrogens with one attached hydrogen (secondary N) is 2. The number of rotatable bonds is 9. The summed E-state index contributed by atoms with van der Waals surface area (Å²) in [6, 6.07) is 4.59. The van der Waals surface area contributed by atoms with Gasteiger partial charge in [0.15, 0.2) is 0 Å². The van der Waals surface area contributed by atoms with Gasteiger partial charge in [0.2, 0.25) is 0 Å². The van der Waals surface area contributed by atoms with Gasteiger partial charge >= 0.3 is 5.97 Å². The minimum atomic E-state index is -4.74. The average Bonchev–Trinajstić information content (AvgIpc) is 2.81. The van der Waals surface area contributed by atoms with Crippen LogP contribution in [-0.4, -0.2) is 48.2 Å². The third kappa shape index (κ3) is 4.76. The van der Waals surface area contributed by atoms with Crippen LogP contribution in [0.5, 0.6) is 5.75 Å². The van der Waals surface area contributed by atoms with E-state index < -0.39 is 66.9 Å². The van der Waals surface area contributed by atoms with E-state index in [4.69, 9.17) is 5.11 Å². The normalized spacial score (nSPS) is 28.0. The quantitative estimate of drug-likeness (QED) is 0.307. The first-order chi connectivity index (χ1) is 18.2. The van der Waals surface area contributed by atoms with Gasteiger partial charge in [-0.05, 0) is 80.0 Å². The van der Waals surface area contributed by atoms with Crippen molar-refractivity contribution >= 4 is 39.3 Å². The van der Waals surface area contributed by atoms with Crippen molar-refractivity contribution in [1.29, 1.82) is 0 Å². The van der Waals surface area contributed by atoms with Crippen LogP contribution in [0.1, 0.15) is 59.2 Å². The van der Waals surface area contributed by atoms with E-state index in [0.717, 1.165) is 24.6 Å². The lowest BCUT2D eigenvalue weighted by atomic mass is 9.46. The number of hydrogen-bond acceptors (Lipinski definition) is 10. The molecule has 4 fully saturated rings. The molecule has 4 aliphatic carbocycles. The summed E-state index contributed by atoms with van der Waals surface area (Å²) in [5.74, 6) is -5.54. The predicted molar refractivity (Wildman–Crippen MR) is 129 cm³/mol. The van der Waals surface area contributed by atoms with E-state index in [2.05, 4.69) is 5.32 Å². The Labute approximate surface area is 223 Å². The number of aliphatic carboxylic acids is 1. The summed E-state index contributed by atoms with van der Waals surface area (Å²) in [5, 5.41) is 59.7. The van der Waals surface area contributed by atoms with Crippen molar-refractivity contribution in [3.05, 3.63) is 47.5 Å². The molecule has 39 heavy (non-hydrogen) atoms. The Bertz CT molecular complexity index is 1470. The summed E-state index contributed by atoms with van der Waals surface area (Å²) < 4.78 is 28.3. The minimum absolute atomic E-state index is 0.116. The summed E-state index contributed by atoms with van der Waals surface area (Å²) in [4.78, 5) is 34.9. The van der Waals surface area contributed by atoms with E-state index in [0.29, 0.717) is 31.7 Å². The molecule has 6 rings (SSSR count). The number of carbonyl (C=O) groups is 3. The lowest BCUT2D eigenvalue weighted by molar-refractivity contribution is -0.312. The molecule has 12 nitrogen and oxygen atoms in total. The fourth-order valence-corrected chi connectivity index (χ4v) is 8.55. The van der Waals surface area contributed by atoms with Crippen LogP contribution in [0, 0.1) is 17.3 Å². The van der Waals surface area contributed by atoms with Gasteiger partial charge in [-0.3, -0.25) is 4.72 Å². The van der Waals surface area contributed by atoms with E-state index in [9.17, 15) is 43.2 Å². The molecular formula is C26H25N2O10S-3. The Balaban J connectivity index is 1.51. The number of carboxylic acids is 3. The second-order valence-corrected chi connectivity index (χ2v) is 12.7. The smallest absolute Gasteiger partial charge is 0.335 e. The third-order valence-corrected chi connectivity index (χ3v) is 9.62. The van der Waals surface area contributed by atoms with Crippen molar-refractivity contribution in [1.82, 2.24) is 0 Å². The lowest BCUT2D eigenvalue weighted by Crippen LogP contribution is -2.64. The zero-order chi connectivity index (χ0) is 28.3. The highest BCUT2D eigenvalue weighted by Gasteiger charge is 2.60. The van der Waals surface area contributed by atoms with Crippen LogP contribution in [0.15, 0.2) is 41.3 Å². The Morgan fingerprint density at radius 1 is 1.00 bits per heavy atom. The second-order valence-electron chi connectivity index (χ2n) is 11.0. The highest BCUT2D eigenvalue weighted by atomic mass is 32.2. The van der Waals surface area contributed by atoms with E-state index in [1.165, 1.54) is 12.1 Å². The molecule has 4 N–H and O–H groups in total. The van der Waals surface area contributed by atoms with Crippen molar-refractivity contribution in [3.8, 4) is 5.75 Å². The highest BCUT2D eigenvalue weighted by molar-refractivity contribution is 7.92. The van der Waals surface area contributed by atoms with Gasteiger partial charge in [-0.15, -0.1) is 0 Å². The molecule has 0 heterocycles. The van der Waals surface area contributed by atoms with Gasteiger partial charge in [0.1, 0.15) is 0 Å². The number of hydrogen-bond donors (Lipinski definition) is 4. The van der Waals surface area contributed by atoms with Gasteiger partial charge in [0.25, 0.3) is 10.0 Å². The molecule has 2 aromatic rings. The van der Waals surface area contributed by atoms with Crippen LogP contribution in [0.4, 0.5) is 11.4 Å². The fourth-order valence-electron chi connectivity index (χ4n) is 7.26. The summed E-state index contributed by atoms with van der Waals surface area (Å²) in [6.07, 6.45) is 3.21. The molecular weight excluding hydrogens is 532 g/mol. The van der Waals surface area contributed by atoms with Gasteiger partial charge in [0.05, 0.1) is 34.0 Å². The molecule has 0 aromatic heterocycles. The molecule has 0 radical (unpaired) electrons. The van der Waals surface area contributed by atoms with E-state index >= 15 is 0 Å². The monoisotopic (exact) mass is 557 g/mol. The molecule has 2 aromatic carbocycles. The van der Waals surface area contributed by atoms with E-state index in [1.807, 2.05) is 4.72 Å². The number of aliphatic hydroxyl groups is 1. The molecule has 4 bridgehead atoms. The molecule has 3 unspecified atom stereocenters. The van der Waals surface area contributed by atoms with E-state index in [1.54, 1.807) is 0 Å². The van der Waals surface area contributed by atoms with Crippen molar-refractivity contribution in [3.63, 3.8) is 0 Å². The van der Waals surface area contributed by atoms with Gasteiger partial charge in [-0.1, -0.05) is 17.9 Å². The fraction of sp³-hybridized carbons (Fsp3) is 0.423. The average molecular weight is 558 g/mol. The topological polar surface area (TPSA) is 219 Å². The number of carbonyl (C=O) groups excluding carboxylic acids is 2. The van der Waals surface area contributed by atoms with Crippen LogP contribution < -0.4 is 25.4 Å². The SMILES string of the molecule is O=C(O)c1ccc(NS(=O)(=O)c2cccc(NC(C(=O)[O-])C34CC5CC(CC(O)(C5)C3)C4)c2C(=O)[O-])c([O-])c1. The van der Waals surface area contributed by atoms with Crippen molar-refractivity contribution in [2.24, 2.45) is 17.3 Å². The first-order valence-corrected chi connectivity index (χ1v) is 13.8. The maximum atomic E-state index is 13.2. The molecule has 0 saturated heterocycles. The van der Waals surface area contributed by atoms with Gasteiger partial charge in [-0.2, -0.15) is 0 Å². The molecule has 13 heteroatoms. The Morgan fingerprint density at radius 3 is 2.21 bits per heavy atom. The van der Waals surface area contributed by atoms with Crippen molar-refractivity contribution in [2.45, 2.75) is 55.1 Å². The van der Waals surface area contributed by atoms with E-state index in [-0.39, 0.29) is 29.5 Å². The molecule has 3 atom stereocenters. The number of carboxylic acid groups (broad SMARTS) is 3. The van der Waals surface area contributed by atoms with Gasteiger partial charge < -0.3 is 40.4 Å². The standard InChI is InChI=1S/C26H28N2O10S/c29-18-7-15(22(30)31)4-5-16(18)28-39(37,38)19-3-1-2-17(20(19)23(32)33)27-21(24(34)35)25-8-13-6-14(9-25)11-26(36,10-13)12-25/h1-5,7,13-14,21,27-29,36H,6,8-12H2,(H,30,31)(H,32,33)(H,34,35)/p-3. The Morgan fingerprint density at radius 2 is 1.67 bits per heavy atom. The Hall–Kier alpha value is -3.84. The van der Waals surface area contributed by atoms with Crippen LogP contribution in [-0.2, 0) is 14.8 Å². The lowest BCUT2D eigenvalue weighted by Gasteiger charge is -2.62. The van der Waals surface area contributed by atoms with Gasteiger partial charge in [0, 0.05) is 16.9 Å². The maximum absolute atomic E-state index is 13.2. The summed E-state index contributed by atoms with van der Waals surface area (Å²) >= 11 is 0. The maximum Gasteiger partial charge on any atom is 0.335 e. The molecule has 208 valence electrons. The Kier molecular flexibility index (Phi) is 6.26. The minimum Gasteiger partial charge on any atom is -0.871 e. The number of benzene rings is 2. The molecule has 4 aliphatic rings. The van der Waals surface area contributed by atoms with Crippen LogP contribution in [0.2, 0.25) is 0 Å². The van der Waals surface area contributed by atoms with Crippen LogP contribution in [0.3, 0.4) is 0 Å². The van der Waals surface area contributed by atoms with Gasteiger partial charge in [-0.25, -0.2) is 13.2 Å². The van der Waals surface area contributed by atoms with Crippen LogP contribution in [0.25, 0.3) is 0 Å². The van der Waals surface area contributed by atoms with Crippen LogP contribution >= 0.6 is 0 Å². The third-order valence-electron chi connectivity index (χ3n) is 8.22. The largest absolute Gasteiger partial charge is 0.871 e. The molecule has 4 saturated carbocycles. The molecule has 0 spiro atoms. The number of sulfonamides is 1. The molecule has 0 aliphatic heterocycles. The number of anilines is 2. The van der Waals surface area contributed by atoms with Crippen molar-refractivity contribution in [2.75, 3.05) is 10.0 Å². The first kappa shape index (κ1) is 26.8. The summed E-state index contributed by atoms with van der Waals surface area (Å²) in [7, 11) is -4.74. The highest BCUT2D eigenvalue weighted by Crippen LogP contribution is 2.63. The first-order valence-electron chi connectivity index (χ1n) is 12.3. The summed E-state index contributed by atoms with van der Waals surface area (Å²) in [5.41, 5.74) is -4.01. The molecule has 0 amide bonds. The summed E-state index contributed by atoms with van der Waals surface area (Å²) in [6.45, 7) is 0. The van der Waals surface area contributed by atoms with Crippen molar-refractivity contribution < 1.29 is 48.3 Å².